The SMILES string of the molecule is CC1(C)C2=C3C=C4C=C(CCCCCCCO)C(=O)C=C4OC3CCN2c2ccc(S(=O)(=O)O)cc21. The van der Waals surface area contributed by atoms with Crippen molar-refractivity contribution in [3.05, 3.63) is 70.2 Å². The predicted molar refractivity (Wildman–Crippen MR) is 137 cm³/mol. The van der Waals surface area contributed by atoms with Crippen LogP contribution in [0.25, 0.3) is 0 Å². The molecule has 4 aliphatic rings. The Labute approximate surface area is 212 Å². The first kappa shape index (κ1) is 25.0. The van der Waals surface area contributed by atoms with Crippen molar-refractivity contribution < 1.29 is 27.6 Å². The molecule has 0 amide bonds. The summed E-state index contributed by atoms with van der Waals surface area (Å²) in [5.74, 6) is 0.633. The Morgan fingerprint density at radius 1 is 1.08 bits per heavy atom. The van der Waals surface area contributed by atoms with Crippen LogP contribution in [0, 0.1) is 0 Å². The lowest BCUT2D eigenvalue weighted by Crippen LogP contribution is -2.39. The highest BCUT2D eigenvalue weighted by Gasteiger charge is 2.47. The second-order valence-corrected chi connectivity index (χ2v) is 11.9. The van der Waals surface area contributed by atoms with Crippen molar-refractivity contribution in [3.8, 4) is 0 Å². The molecule has 36 heavy (non-hydrogen) atoms. The van der Waals surface area contributed by atoms with Gasteiger partial charge in [-0.25, -0.2) is 0 Å². The van der Waals surface area contributed by atoms with E-state index in [4.69, 9.17) is 9.84 Å². The molecule has 3 heterocycles. The maximum atomic E-state index is 12.7. The van der Waals surface area contributed by atoms with Crippen LogP contribution >= 0.6 is 0 Å². The fourth-order valence-electron chi connectivity index (χ4n) is 5.90. The Kier molecular flexibility index (Phi) is 6.47. The lowest BCUT2D eigenvalue weighted by Gasteiger charge is -2.40. The van der Waals surface area contributed by atoms with Crippen LogP contribution in [-0.2, 0) is 25.1 Å². The van der Waals surface area contributed by atoms with Gasteiger partial charge in [0.15, 0.2) is 5.78 Å². The summed E-state index contributed by atoms with van der Waals surface area (Å²) in [6.07, 6.45) is 11.8. The number of benzene rings is 1. The van der Waals surface area contributed by atoms with Crippen LogP contribution in [-0.4, -0.2) is 43.1 Å². The summed E-state index contributed by atoms with van der Waals surface area (Å²) in [6.45, 7) is 5.07. The number of allylic oxidation sites excluding steroid dienone is 4. The standard InChI is InChI=1S/C28H33NO6S/c1-28(2)22-16-20(36(32,33)34)9-10-23(22)29-12-11-25-21(27(28)29)15-19-14-18(24(31)17-26(19)35-25)8-6-4-3-5-7-13-30/h9-10,14-17,25,30H,3-8,11-13H2,1-2H3,(H,32,33,34). The minimum absolute atomic E-state index is 0.0115. The number of anilines is 1. The van der Waals surface area contributed by atoms with Gasteiger partial charge in [0.2, 0.25) is 0 Å². The maximum Gasteiger partial charge on any atom is 0.294 e. The molecule has 0 aromatic heterocycles. The van der Waals surface area contributed by atoms with E-state index in [2.05, 4.69) is 24.8 Å². The van der Waals surface area contributed by atoms with Crippen molar-refractivity contribution in [2.45, 2.75) is 75.2 Å². The molecule has 3 aliphatic heterocycles. The molecule has 192 valence electrons. The van der Waals surface area contributed by atoms with Crippen molar-refractivity contribution in [3.63, 3.8) is 0 Å². The van der Waals surface area contributed by atoms with Crippen molar-refractivity contribution in [1.82, 2.24) is 0 Å². The molecular weight excluding hydrogens is 478 g/mol. The van der Waals surface area contributed by atoms with E-state index in [0.29, 0.717) is 12.3 Å². The average Bonchev–Trinajstić information content (AvgIpc) is 3.06. The number of fused-ring (bicyclic) bond motifs is 5. The number of carbonyl (C=O) groups excluding carboxylic acids is 1. The second kappa shape index (κ2) is 9.32. The molecule has 0 saturated heterocycles. The van der Waals surface area contributed by atoms with Crippen LogP contribution < -0.4 is 4.90 Å². The van der Waals surface area contributed by atoms with E-state index in [1.165, 1.54) is 6.07 Å². The topological polar surface area (TPSA) is 104 Å². The molecule has 7 nitrogen and oxygen atoms in total. The molecule has 1 aliphatic carbocycles. The van der Waals surface area contributed by atoms with E-state index >= 15 is 0 Å². The lowest BCUT2D eigenvalue weighted by molar-refractivity contribution is -0.111. The number of ketones is 1. The zero-order valence-corrected chi connectivity index (χ0v) is 21.6. The Hall–Kier alpha value is -2.68. The van der Waals surface area contributed by atoms with Gasteiger partial charge in [-0.15, -0.1) is 0 Å². The fourth-order valence-corrected chi connectivity index (χ4v) is 6.40. The van der Waals surface area contributed by atoms with E-state index in [9.17, 15) is 17.8 Å². The molecule has 1 atom stereocenters. The van der Waals surface area contributed by atoms with Gasteiger partial charge in [0.05, 0.1) is 4.90 Å². The smallest absolute Gasteiger partial charge is 0.294 e. The van der Waals surface area contributed by atoms with Gasteiger partial charge in [-0.05, 0) is 55.2 Å². The first-order valence-electron chi connectivity index (χ1n) is 12.7. The first-order valence-corrected chi connectivity index (χ1v) is 14.2. The number of nitrogens with zero attached hydrogens (tertiary/aromatic N) is 1. The summed E-state index contributed by atoms with van der Waals surface area (Å²) in [7, 11) is -4.30. The van der Waals surface area contributed by atoms with Gasteiger partial charge < -0.3 is 14.7 Å². The molecule has 1 aromatic carbocycles. The molecule has 0 saturated carbocycles. The summed E-state index contributed by atoms with van der Waals surface area (Å²) in [4.78, 5) is 14.9. The molecule has 2 N–H and O–H groups in total. The van der Waals surface area contributed by atoms with E-state index < -0.39 is 15.5 Å². The van der Waals surface area contributed by atoms with Crippen molar-refractivity contribution in [2.24, 2.45) is 0 Å². The van der Waals surface area contributed by atoms with E-state index in [1.807, 2.05) is 6.08 Å². The molecule has 0 radical (unpaired) electrons. The quantitative estimate of drug-likeness (QED) is 0.384. The molecular formula is C28H33NO6S. The Balaban J connectivity index is 1.47. The predicted octanol–water partition coefficient (Wildman–Crippen LogP) is 4.74. The van der Waals surface area contributed by atoms with E-state index in [-0.39, 0.29) is 23.4 Å². The van der Waals surface area contributed by atoms with E-state index in [0.717, 1.165) is 78.6 Å². The van der Waals surface area contributed by atoms with Crippen molar-refractivity contribution in [2.75, 3.05) is 18.1 Å². The summed E-state index contributed by atoms with van der Waals surface area (Å²) in [6, 6.07) is 4.80. The highest BCUT2D eigenvalue weighted by atomic mass is 32.2. The molecule has 5 rings (SSSR count). The third kappa shape index (κ3) is 4.35. The van der Waals surface area contributed by atoms with Gasteiger partial charge in [0.25, 0.3) is 10.1 Å². The number of rotatable bonds is 8. The molecule has 0 spiro atoms. The summed E-state index contributed by atoms with van der Waals surface area (Å²) >= 11 is 0. The fraction of sp³-hybridized carbons (Fsp3) is 0.464. The number of aliphatic hydroxyl groups is 1. The highest BCUT2D eigenvalue weighted by Crippen LogP contribution is 2.53. The van der Waals surface area contributed by atoms with Crippen LogP contribution in [0.2, 0.25) is 0 Å². The van der Waals surface area contributed by atoms with Crippen LogP contribution in [0.1, 0.15) is 64.4 Å². The van der Waals surface area contributed by atoms with Crippen LogP contribution in [0.15, 0.2) is 69.5 Å². The average molecular weight is 512 g/mol. The molecule has 1 aromatic rings. The summed E-state index contributed by atoms with van der Waals surface area (Å²) in [5, 5.41) is 8.92. The minimum Gasteiger partial charge on any atom is -0.485 e. The minimum atomic E-state index is -4.30. The Morgan fingerprint density at radius 3 is 2.58 bits per heavy atom. The van der Waals surface area contributed by atoms with Gasteiger partial charge in [-0.2, -0.15) is 8.42 Å². The molecule has 0 fully saturated rings. The third-order valence-electron chi connectivity index (χ3n) is 7.70. The lowest BCUT2D eigenvalue weighted by atomic mass is 9.78. The first-order chi connectivity index (χ1) is 17.1. The highest BCUT2D eigenvalue weighted by molar-refractivity contribution is 7.85. The normalized spacial score (nSPS) is 22.1. The van der Waals surface area contributed by atoms with Gasteiger partial charge in [0.1, 0.15) is 11.9 Å². The molecule has 8 heteroatoms. The summed E-state index contributed by atoms with van der Waals surface area (Å²) in [5.41, 5.74) is 5.13. The number of hydrogen-bond donors (Lipinski definition) is 2. The van der Waals surface area contributed by atoms with Gasteiger partial charge >= 0.3 is 0 Å². The van der Waals surface area contributed by atoms with Gasteiger partial charge in [0, 0.05) is 59.2 Å². The number of ether oxygens (including phenoxy) is 1. The Morgan fingerprint density at radius 2 is 1.83 bits per heavy atom. The summed E-state index contributed by atoms with van der Waals surface area (Å²) < 4.78 is 39.5. The Bertz CT molecular complexity index is 1330. The number of aliphatic hydroxyl groups excluding tert-OH is 1. The third-order valence-corrected chi connectivity index (χ3v) is 8.55. The van der Waals surface area contributed by atoms with Crippen LogP contribution in [0.4, 0.5) is 5.69 Å². The van der Waals surface area contributed by atoms with Crippen molar-refractivity contribution >= 4 is 21.6 Å². The van der Waals surface area contributed by atoms with Crippen molar-refractivity contribution in [1.29, 1.82) is 0 Å². The maximum absolute atomic E-state index is 12.7. The van der Waals surface area contributed by atoms with Gasteiger partial charge in [-0.1, -0.05) is 33.1 Å². The largest absolute Gasteiger partial charge is 0.485 e. The number of carbonyl (C=O) groups is 1. The zero-order valence-electron chi connectivity index (χ0n) is 20.8. The number of unbranched alkanes of at least 4 members (excludes halogenated alkanes) is 4. The second-order valence-electron chi connectivity index (χ2n) is 10.5. The van der Waals surface area contributed by atoms with Crippen LogP contribution in [0.3, 0.4) is 0 Å². The zero-order chi connectivity index (χ0) is 25.7. The monoisotopic (exact) mass is 511 g/mol. The molecule has 1 unspecified atom stereocenters. The van der Waals surface area contributed by atoms with Gasteiger partial charge in [-0.3, -0.25) is 9.35 Å². The van der Waals surface area contributed by atoms with E-state index in [1.54, 1.807) is 18.2 Å². The van der Waals surface area contributed by atoms with Crippen LogP contribution in [0.5, 0.6) is 0 Å². The number of hydrogen-bond acceptors (Lipinski definition) is 6. The molecule has 0 bridgehead atoms.